The Morgan fingerprint density at radius 1 is 1.13 bits per heavy atom. The van der Waals surface area contributed by atoms with E-state index in [9.17, 15) is 5.11 Å². The minimum absolute atomic E-state index is 0.182. The first-order valence-corrected chi connectivity index (χ1v) is 7.03. The molecule has 0 bridgehead atoms. The molecule has 7 nitrogen and oxygen atoms in total. The SMILES string of the molecule is Oc1ccc2ccccc2c1C=NNc1ccc2n[nH]c[n+]2n1. The smallest absolute Gasteiger partial charge is 0.325 e. The average Bonchev–Trinajstić information content (AvgIpc) is 3.04. The predicted octanol–water partition coefficient (Wildman–Crippen LogP) is 1.85. The standard InChI is InChI=1S/C16H12N6O/c23-14-6-5-11-3-1-2-4-12(11)13(14)9-17-19-15-7-8-16-20-18-10-22(16)21-15/h1-10H,(H2,17,19,20,21,23)/p+1. The largest absolute Gasteiger partial charge is 0.507 e. The lowest BCUT2D eigenvalue weighted by Gasteiger charge is -2.04. The molecule has 0 aliphatic heterocycles. The van der Waals surface area contributed by atoms with Crippen molar-refractivity contribution in [1.29, 1.82) is 0 Å². The van der Waals surface area contributed by atoms with Crippen molar-refractivity contribution in [3.05, 3.63) is 60.4 Å². The first-order chi connectivity index (χ1) is 11.3. The molecule has 112 valence electrons. The van der Waals surface area contributed by atoms with Gasteiger partial charge in [-0.2, -0.15) is 5.10 Å². The van der Waals surface area contributed by atoms with Crippen molar-refractivity contribution in [3.63, 3.8) is 0 Å². The third kappa shape index (κ3) is 2.44. The highest BCUT2D eigenvalue weighted by atomic mass is 16.3. The van der Waals surface area contributed by atoms with Gasteiger partial charge in [-0.05, 0) is 22.9 Å². The minimum atomic E-state index is 0.182. The summed E-state index contributed by atoms with van der Waals surface area (Å²) in [6, 6.07) is 15.0. The lowest BCUT2D eigenvalue weighted by Crippen LogP contribution is -2.24. The van der Waals surface area contributed by atoms with Crippen LogP contribution in [0.2, 0.25) is 0 Å². The number of nitrogens with zero attached hydrogens (tertiary/aromatic N) is 4. The van der Waals surface area contributed by atoms with Crippen LogP contribution in [0.15, 0.2) is 60.0 Å². The Bertz CT molecular complexity index is 1020. The zero-order valence-corrected chi connectivity index (χ0v) is 12.0. The second-order valence-electron chi connectivity index (χ2n) is 4.98. The number of anilines is 1. The number of aromatic hydroxyl groups is 1. The second-order valence-corrected chi connectivity index (χ2v) is 4.98. The van der Waals surface area contributed by atoms with Gasteiger partial charge in [-0.25, -0.2) is 0 Å². The molecule has 7 heteroatoms. The van der Waals surface area contributed by atoms with E-state index in [1.807, 2.05) is 36.4 Å². The van der Waals surface area contributed by atoms with Crippen molar-refractivity contribution in [1.82, 2.24) is 15.3 Å². The van der Waals surface area contributed by atoms with E-state index < -0.39 is 0 Å². The maximum Gasteiger partial charge on any atom is 0.325 e. The fourth-order valence-electron chi connectivity index (χ4n) is 2.41. The highest BCUT2D eigenvalue weighted by molar-refractivity contribution is 6.02. The molecule has 0 aliphatic carbocycles. The highest BCUT2D eigenvalue weighted by Crippen LogP contribution is 2.25. The summed E-state index contributed by atoms with van der Waals surface area (Å²) in [5.41, 5.74) is 4.23. The van der Waals surface area contributed by atoms with Gasteiger partial charge in [0.2, 0.25) is 6.33 Å². The number of rotatable bonds is 3. The molecule has 0 saturated carbocycles. The van der Waals surface area contributed by atoms with Crippen LogP contribution in [0.25, 0.3) is 16.4 Å². The molecule has 0 radical (unpaired) electrons. The normalized spacial score (nSPS) is 11.5. The van der Waals surface area contributed by atoms with Gasteiger partial charge in [-0.3, -0.25) is 5.43 Å². The molecule has 0 aliphatic rings. The highest BCUT2D eigenvalue weighted by Gasteiger charge is 2.06. The minimum Gasteiger partial charge on any atom is -0.507 e. The van der Waals surface area contributed by atoms with Crippen LogP contribution in [0.4, 0.5) is 5.82 Å². The number of H-pyrrole nitrogens is 1. The Balaban J connectivity index is 1.64. The van der Waals surface area contributed by atoms with Crippen molar-refractivity contribution >= 4 is 28.5 Å². The summed E-state index contributed by atoms with van der Waals surface area (Å²) in [5, 5.41) is 27.2. The zero-order chi connectivity index (χ0) is 15.6. The number of hydrogen-bond acceptors (Lipinski definition) is 5. The molecule has 23 heavy (non-hydrogen) atoms. The number of fused-ring (bicyclic) bond motifs is 2. The fourth-order valence-corrected chi connectivity index (χ4v) is 2.41. The van der Waals surface area contributed by atoms with E-state index in [0.717, 1.165) is 10.8 Å². The molecule has 2 aromatic heterocycles. The van der Waals surface area contributed by atoms with Crippen molar-refractivity contribution in [2.45, 2.75) is 0 Å². The molecule has 0 saturated heterocycles. The summed E-state index contributed by atoms with van der Waals surface area (Å²) in [6.07, 6.45) is 3.23. The van der Waals surface area contributed by atoms with Crippen LogP contribution in [-0.4, -0.2) is 26.6 Å². The predicted molar refractivity (Wildman–Crippen MR) is 86.4 cm³/mol. The number of nitrogens with one attached hydrogen (secondary N) is 2. The van der Waals surface area contributed by atoms with E-state index in [1.165, 1.54) is 0 Å². The summed E-state index contributed by atoms with van der Waals surface area (Å²) in [6.45, 7) is 0. The van der Waals surface area contributed by atoms with Crippen molar-refractivity contribution < 1.29 is 9.62 Å². The third-order valence-electron chi connectivity index (χ3n) is 3.52. The Hall–Kier alpha value is -3.48. The summed E-state index contributed by atoms with van der Waals surface area (Å²) in [4.78, 5) is 0. The lowest BCUT2D eigenvalue weighted by atomic mass is 10.0. The van der Waals surface area contributed by atoms with Gasteiger partial charge in [0, 0.05) is 16.7 Å². The molecule has 4 rings (SSSR count). The van der Waals surface area contributed by atoms with Gasteiger partial charge in [0.25, 0.3) is 0 Å². The van der Waals surface area contributed by atoms with Gasteiger partial charge in [0.1, 0.15) is 5.75 Å². The molecule has 0 fully saturated rings. The van der Waals surface area contributed by atoms with Crippen molar-refractivity contribution in [2.75, 3.05) is 5.43 Å². The van der Waals surface area contributed by atoms with Gasteiger partial charge in [-0.15, -0.1) is 9.61 Å². The van der Waals surface area contributed by atoms with Gasteiger partial charge in [0.05, 0.1) is 6.21 Å². The van der Waals surface area contributed by atoms with E-state index in [0.29, 0.717) is 17.0 Å². The number of benzene rings is 2. The number of phenolic OH excluding ortho intramolecular Hbond substituents is 1. The number of hydrazone groups is 1. The summed E-state index contributed by atoms with van der Waals surface area (Å²) in [5.74, 6) is 0.752. The van der Waals surface area contributed by atoms with Crippen LogP contribution < -0.4 is 9.94 Å². The summed E-state index contributed by atoms with van der Waals surface area (Å²) in [7, 11) is 0. The molecule has 0 atom stereocenters. The van der Waals surface area contributed by atoms with E-state index in [4.69, 9.17) is 0 Å². The van der Waals surface area contributed by atoms with Crippen molar-refractivity contribution in [2.24, 2.45) is 5.10 Å². The molecule has 0 unspecified atom stereocenters. The number of aromatic nitrogens is 4. The van der Waals surface area contributed by atoms with Crippen molar-refractivity contribution in [3.8, 4) is 5.75 Å². The van der Waals surface area contributed by atoms with Crippen LogP contribution >= 0.6 is 0 Å². The lowest BCUT2D eigenvalue weighted by molar-refractivity contribution is -0.579. The molecular formula is C16H13N6O+. The topological polar surface area (TPSA) is 90.3 Å². The third-order valence-corrected chi connectivity index (χ3v) is 3.52. The molecule has 0 amide bonds. The van der Waals surface area contributed by atoms with Crippen LogP contribution in [0.1, 0.15) is 5.56 Å². The maximum atomic E-state index is 10.1. The monoisotopic (exact) mass is 305 g/mol. The van der Waals surface area contributed by atoms with E-state index in [-0.39, 0.29) is 5.75 Å². The van der Waals surface area contributed by atoms with Gasteiger partial charge < -0.3 is 5.11 Å². The number of phenols is 1. The first-order valence-electron chi connectivity index (χ1n) is 7.03. The maximum absolute atomic E-state index is 10.1. The van der Waals surface area contributed by atoms with E-state index >= 15 is 0 Å². The van der Waals surface area contributed by atoms with Gasteiger partial charge in [-0.1, -0.05) is 35.4 Å². The molecular weight excluding hydrogens is 292 g/mol. The number of aromatic amines is 1. The molecule has 0 spiro atoms. The summed E-state index contributed by atoms with van der Waals surface area (Å²) < 4.78 is 1.60. The van der Waals surface area contributed by atoms with E-state index in [2.05, 4.69) is 25.8 Å². The molecule has 2 heterocycles. The van der Waals surface area contributed by atoms with Gasteiger partial charge >= 0.3 is 5.65 Å². The zero-order valence-electron chi connectivity index (χ0n) is 12.0. The van der Waals surface area contributed by atoms with E-state index in [1.54, 1.807) is 29.2 Å². The Labute approximate surface area is 130 Å². The Morgan fingerprint density at radius 2 is 2.04 bits per heavy atom. The average molecular weight is 305 g/mol. The van der Waals surface area contributed by atoms with Crippen LogP contribution in [0, 0.1) is 0 Å². The van der Waals surface area contributed by atoms with Crippen LogP contribution in [0.3, 0.4) is 0 Å². The fraction of sp³-hybridized carbons (Fsp3) is 0. The van der Waals surface area contributed by atoms with Crippen LogP contribution in [0.5, 0.6) is 5.75 Å². The number of hydrogen-bond donors (Lipinski definition) is 3. The first kappa shape index (κ1) is 13.2. The van der Waals surface area contributed by atoms with Crippen LogP contribution in [-0.2, 0) is 0 Å². The molecule has 4 aromatic rings. The Morgan fingerprint density at radius 3 is 3.00 bits per heavy atom. The summed E-state index contributed by atoms with van der Waals surface area (Å²) >= 11 is 0. The second kappa shape index (κ2) is 5.38. The molecule has 3 N–H and O–H groups in total. The Kier molecular flexibility index (Phi) is 3.09. The van der Waals surface area contributed by atoms with Gasteiger partial charge in [0.15, 0.2) is 5.82 Å². The quantitative estimate of drug-likeness (QED) is 0.306. The molecule has 2 aromatic carbocycles.